The summed E-state index contributed by atoms with van der Waals surface area (Å²) in [6, 6.07) is 4.90. The number of aryl methyl sites for hydroxylation is 1. The van der Waals surface area contributed by atoms with Crippen LogP contribution in [0.1, 0.15) is 82.9 Å². The topological polar surface area (TPSA) is 140 Å². The number of carbonyl (C=O) groups is 2. The molecule has 1 fully saturated rings. The van der Waals surface area contributed by atoms with Crippen molar-refractivity contribution in [3.63, 3.8) is 0 Å². The molecule has 0 saturated heterocycles. The van der Waals surface area contributed by atoms with Crippen LogP contribution in [0.4, 0.5) is 4.39 Å². The Labute approximate surface area is 236 Å². The number of rotatable bonds is 9. The summed E-state index contributed by atoms with van der Waals surface area (Å²) in [5.41, 5.74) is 7.84. The largest absolute Gasteiger partial charge is 0.365 e. The fraction of sp³-hybridized carbons (Fsp3) is 0.414. The number of halogens is 2. The number of aromatic amines is 1. The summed E-state index contributed by atoms with van der Waals surface area (Å²) < 4.78 is 21.8. The molecular formula is C29H32ClFN6O3. The van der Waals surface area contributed by atoms with Crippen LogP contribution < -0.4 is 11.1 Å². The van der Waals surface area contributed by atoms with Gasteiger partial charge in [-0.15, -0.1) is 11.6 Å². The number of carbonyl (C=O) groups excluding carboxylic acids is 2. The van der Waals surface area contributed by atoms with E-state index in [-0.39, 0.29) is 28.5 Å². The molecule has 0 bridgehead atoms. The molecule has 9 nitrogen and oxygen atoms in total. The number of imidazole rings is 1. The average molecular weight is 567 g/mol. The lowest BCUT2D eigenvalue weighted by atomic mass is 9.74. The molecule has 1 aliphatic carbocycles. The molecule has 3 aromatic heterocycles. The Kier molecular flexibility index (Phi) is 8.16. The van der Waals surface area contributed by atoms with Gasteiger partial charge in [-0.05, 0) is 56.2 Å². The maximum absolute atomic E-state index is 16.1. The van der Waals surface area contributed by atoms with Crippen molar-refractivity contribution in [3.8, 4) is 11.1 Å². The van der Waals surface area contributed by atoms with Gasteiger partial charge in [0.05, 0.1) is 22.7 Å². The molecule has 0 aliphatic heterocycles. The summed E-state index contributed by atoms with van der Waals surface area (Å²) in [5.74, 6) is -0.0347. The summed E-state index contributed by atoms with van der Waals surface area (Å²) >= 11 is 5.73. The quantitative estimate of drug-likeness (QED) is 0.181. The molecule has 3 heterocycles. The third-order valence-corrected chi connectivity index (χ3v) is 8.07. The number of fused-ring (bicyclic) bond motifs is 1. The Morgan fingerprint density at radius 1 is 1.23 bits per heavy atom. The highest BCUT2D eigenvalue weighted by Crippen LogP contribution is 2.43. The van der Waals surface area contributed by atoms with Crippen LogP contribution in [0, 0.1) is 24.6 Å². The molecule has 40 heavy (non-hydrogen) atoms. The van der Waals surface area contributed by atoms with E-state index in [1.54, 1.807) is 25.1 Å². The van der Waals surface area contributed by atoms with Gasteiger partial charge in [0.2, 0.25) is 0 Å². The first-order valence-electron chi connectivity index (χ1n) is 13.5. The second-order valence-electron chi connectivity index (χ2n) is 10.5. The number of pyridine rings is 1. The Bertz CT molecular complexity index is 1540. The Morgan fingerprint density at radius 2 is 2.00 bits per heavy atom. The van der Waals surface area contributed by atoms with Crippen molar-refractivity contribution in [2.75, 3.05) is 12.4 Å². The van der Waals surface area contributed by atoms with E-state index in [0.717, 1.165) is 25.7 Å². The van der Waals surface area contributed by atoms with Gasteiger partial charge < -0.3 is 20.6 Å². The molecule has 0 unspecified atom stereocenters. The molecule has 4 N–H and O–H groups in total. The van der Waals surface area contributed by atoms with Crippen LogP contribution in [0.2, 0.25) is 0 Å². The number of hydrogen-bond acceptors (Lipinski definition) is 6. The van der Waals surface area contributed by atoms with Crippen molar-refractivity contribution in [2.45, 2.75) is 51.9 Å². The minimum absolute atomic E-state index is 0.103. The van der Waals surface area contributed by atoms with E-state index < -0.39 is 17.6 Å². The van der Waals surface area contributed by atoms with Crippen LogP contribution in [-0.4, -0.2) is 44.3 Å². The molecule has 1 aromatic carbocycles. The highest BCUT2D eigenvalue weighted by Gasteiger charge is 2.37. The Morgan fingerprint density at radius 3 is 2.73 bits per heavy atom. The lowest BCUT2D eigenvalue weighted by Crippen LogP contribution is -2.25. The molecule has 0 spiro atoms. The second-order valence-corrected chi connectivity index (χ2v) is 10.9. The maximum Gasteiger partial charge on any atom is 0.254 e. The van der Waals surface area contributed by atoms with Crippen molar-refractivity contribution in [1.29, 1.82) is 0 Å². The zero-order valence-electron chi connectivity index (χ0n) is 22.5. The van der Waals surface area contributed by atoms with E-state index in [9.17, 15) is 9.59 Å². The van der Waals surface area contributed by atoms with Gasteiger partial charge >= 0.3 is 0 Å². The number of nitrogens with zero attached hydrogens (tertiary/aromatic N) is 3. The van der Waals surface area contributed by atoms with Crippen molar-refractivity contribution in [3.05, 3.63) is 64.8 Å². The molecule has 11 heteroatoms. The third-order valence-electron chi connectivity index (χ3n) is 7.81. The lowest BCUT2D eigenvalue weighted by molar-refractivity contribution is 0.0952. The van der Waals surface area contributed by atoms with Crippen LogP contribution in [0.15, 0.2) is 35.1 Å². The number of alkyl halides is 1. The van der Waals surface area contributed by atoms with Crippen LogP contribution >= 0.6 is 11.6 Å². The van der Waals surface area contributed by atoms with E-state index in [1.165, 1.54) is 12.4 Å². The van der Waals surface area contributed by atoms with Gasteiger partial charge in [-0.1, -0.05) is 24.9 Å². The number of benzene rings is 1. The molecule has 5 rings (SSSR count). The van der Waals surface area contributed by atoms with Crippen LogP contribution in [-0.2, 0) is 0 Å². The standard InChI is InChI=1S/C29H32ClFN6O3/c1-15-4-6-17(7-5-15)23(26-22(27(32)38)16(2)37-40-26)28-35-21-9-8-18(24(31)25(21)36-28)20-14-33-13-10-19(20)29(39)34-12-3-11-30/h8-10,13-15,17,23H,3-7,11-12H2,1-2H3,(H2,32,38)(H,34,39)(H,35,36)/t15?,17?,23-/m1/s1. The normalized spacial score (nSPS) is 18.1. The zero-order valence-corrected chi connectivity index (χ0v) is 23.2. The molecule has 1 saturated carbocycles. The fourth-order valence-corrected chi connectivity index (χ4v) is 5.80. The summed E-state index contributed by atoms with van der Waals surface area (Å²) in [6.07, 6.45) is 7.42. The molecule has 2 amide bonds. The Hall–Kier alpha value is -3.79. The van der Waals surface area contributed by atoms with Crippen molar-refractivity contribution < 1.29 is 18.5 Å². The van der Waals surface area contributed by atoms with Gasteiger partial charge in [-0.2, -0.15) is 0 Å². The smallest absolute Gasteiger partial charge is 0.254 e. The highest BCUT2D eigenvalue weighted by atomic mass is 35.5. The number of nitrogens with two attached hydrogens (primary N) is 1. The Balaban J connectivity index is 1.58. The number of hydrogen-bond donors (Lipinski definition) is 3. The summed E-state index contributed by atoms with van der Waals surface area (Å²) in [6.45, 7) is 4.31. The number of nitrogens with one attached hydrogen (secondary N) is 2. The highest BCUT2D eigenvalue weighted by molar-refractivity contribution is 6.17. The summed E-state index contributed by atoms with van der Waals surface area (Å²) in [7, 11) is 0. The molecular weight excluding hydrogens is 535 g/mol. The summed E-state index contributed by atoms with van der Waals surface area (Å²) in [5, 5.41) is 6.84. The first kappa shape index (κ1) is 27.8. The fourth-order valence-electron chi connectivity index (χ4n) is 5.67. The van der Waals surface area contributed by atoms with Gasteiger partial charge in [-0.3, -0.25) is 14.6 Å². The molecule has 0 radical (unpaired) electrons. The van der Waals surface area contributed by atoms with Crippen LogP contribution in [0.5, 0.6) is 0 Å². The minimum Gasteiger partial charge on any atom is -0.365 e. The van der Waals surface area contributed by atoms with Crippen molar-refractivity contribution in [2.24, 2.45) is 17.6 Å². The van der Waals surface area contributed by atoms with E-state index >= 15 is 4.39 Å². The SMILES string of the molecule is Cc1noc([C@H](c2nc3c(F)c(-c4cnccc4C(=O)NCCCCl)ccc3[nH]2)C2CCC(C)CC2)c1C(N)=O. The van der Waals surface area contributed by atoms with Gasteiger partial charge in [0.15, 0.2) is 11.6 Å². The molecule has 1 atom stereocenters. The number of primary amides is 1. The van der Waals surface area contributed by atoms with Gasteiger partial charge in [-0.25, -0.2) is 9.37 Å². The van der Waals surface area contributed by atoms with Crippen LogP contribution in [0.3, 0.4) is 0 Å². The predicted octanol–water partition coefficient (Wildman–Crippen LogP) is 5.48. The lowest BCUT2D eigenvalue weighted by Gasteiger charge is -2.30. The number of amides is 2. The van der Waals surface area contributed by atoms with E-state index in [0.29, 0.717) is 58.7 Å². The minimum atomic E-state index is -0.624. The molecule has 1 aliphatic rings. The number of aromatic nitrogens is 4. The van der Waals surface area contributed by atoms with Crippen molar-refractivity contribution >= 4 is 34.4 Å². The van der Waals surface area contributed by atoms with E-state index in [2.05, 4.69) is 27.4 Å². The van der Waals surface area contributed by atoms with Crippen LogP contribution in [0.25, 0.3) is 22.2 Å². The van der Waals surface area contributed by atoms with Gasteiger partial charge in [0, 0.05) is 35.9 Å². The third kappa shape index (κ3) is 5.32. The first-order chi connectivity index (χ1) is 19.3. The van der Waals surface area contributed by atoms with Gasteiger partial charge in [0.1, 0.15) is 16.9 Å². The monoisotopic (exact) mass is 566 g/mol. The average Bonchev–Trinajstić information content (AvgIpc) is 3.54. The number of H-pyrrole nitrogens is 1. The predicted molar refractivity (Wildman–Crippen MR) is 150 cm³/mol. The second kappa shape index (κ2) is 11.8. The zero-order chi connectivity index (χ0) is 28.4. The van der Waals surface area contributed by atoms with E-state index in [1.807, 2.05) is 0 Å². The van der Waals surface area contributed by atoms with Gasteiger partial charge in [0.25, 0.3) is 11.8 Å². The van der Waals surface area contributed by atoms with Crippen molar-refractivity contribution in [1.82, 2.24) is 25.4 Å². The molecule has 210 valence electrons. The maximum atomic E-state index is 16.1. The van der Waals surface area contributed by atoms with E-state index in [4.69, 9.17) is 26.8 Å². The first-order valence-corrected chi connectivity index (χ1v) is 14.1. The molecule has 4 aromatic rings. The summed E-state index contributed by atoms with van der Waals surface area (Å²) in [4.78, 5) is 37.3.